The molecule has 2 aromatic carbocycles. The molecule has 0 heterocycles. The average molecular weight is 246 g/mol. The average Bonchev–Trinajstić information content (AvgIpc) is 2.44. The lowest BCUT2D eigenvalue weighted by Crippen LogP contribution is -1.81. The Morgan fingerprint density at radius 2 is 1.63 bits per heavy atom. The molecule has 0 saturated heterocycles. The molecular formula is C18H14O. The van der Waals surface area contributed by atoms with E-state index < -0.39 is 0 Å². The van der Waals surface area contributed by atoms with Crippen LogP contribution in [0.25, 0.3) is 6.08 Å². The van der Waals surface area contributed by atoms with Crippen molar-refractivity contribution in [1.29, 1.82) is 0 Å². The number of ketones is 1. The van der Waals surface area contributed by atoms with Gasteiger partial charge in [0.15, 0.2) is 5.78 Å². The Morgan fingerprint density at radius 1 is 0.947 bits per heavy atom. The number of hydrogen-bond acceptors (Lipinski definition) is 1. The van der Waals surface area contributed by atoms with Gasteiger partial charge in [-0.15, -0.1) is 0 Å². The minimum Gasteiger partial charge on any atom is -0.295 e. The maximum absolute atomic E-state index is 10.9. The van der Waals surface area contributed by atoms with Gasteiger partial charge in [0.2, 0.25) is 0 Å². The fourth-order valence-electron chi connectivity index (χ4n) is 1.60. The van der Waals surface area contributed by atoms with Gasteiger partial charge in [0.25, 0.3) is 0 Å². The molecular weight excluding hydrogens is 232 g/mol. The molecule has 0 aliphatic heterocycles. The van der Waals surface area contributed by atoms with Crippen molar-refractivity contribution >= 4 is 11.9 Å². The first-order valence-corrected chi connectivity index (χ1v) is 6.10. The van der Waals surface area contributed by atoms with Gasteiger partial charge in [0.05, 0.1) is 0 Å². The van der Waals surface area contributed by atoms with Crippen molar-refractivity contribution in [2.45, 2.75) is 6.92 Å². The van der Waals surface area contributed by atoms with Gasteiger partial charge < -0.3 is 0 Å². The second kappa shape index (κ2) is 6.37. The van der Waals surface area contributed by atoms with E-state index in [0.29, 0.717) is 0 Å². The standard InChI is InChI=1S/C18H14O/c1-15(19)10-11-17-8-5-9-18(14-17)13-12-16-6-3-2-4-7-16/h2-11,14H,1H3. The van der Waals surface area contributed by atoms with Crippen molar-refractivity contribution in [2.24, 2.45) is 0 Å². The molecule has 0 bridgehead atoms. The molecule has 19 heavy (non-hydrogen) atoms. The molecule has 0 aromatic heterocycles. The normalized spacial score (nSPS) is 9.95. The van der Waals surface area contributed by atoms with E-state index in [0.717, 1.165) is 16.7 Å². The Bertz CT molecular complexity index is 655. The van der Waals surface area contributed by atoms with E-state index in [1.54, 1.807) is 12.2 Å². The highest BCUT2D eigenvalue weighted by molar-refractivity contribution is 5.91. The van der Waals surface area contributed by atoms with Gasteiger partial charge in [-0.3, -0.25) is 4.79 Å². The molecule has 1 nitrogen and oxygen atoms in total. The summed E-state index contributed by atoms with van der Waals surface area (Å²) in [7, 11) is 0. The van der Waals surface area contributed by atoms with Gasteiger partial charge in [-0.05, 0) is 42.8 Å². The van der Waals surface area contributed by atoms with E-state index in [4.69, 9.17) is 0 Å². The summed E-state index contributed by atoms with van der Waals surface area (Å²) >= 11 is 0. The monoisotopic (exact) mass is 246 g/mol. The van der Waals surface area contributed by atoms with E-state index in [9.17, 15) is 4.79 Å². The molecule has 0 fully saturated rings. The number of benzene rings is 2. The van der Waals surface area contributed by atoms with Crippen LogP contribution in [-0.2, 0) is 4.79 Å². The Balaban J connectivity index is 2.21. The lowest BCUT2D eigenvalue weighted by atomic mass is 10.1. The second-order valence-corrected chi connectivity index (χ2v) is 4.19. The zero-order chi connectivity index (χ0) is 13.5. The smallest absolute Gasteiger partial charge is 0.152 e. The Labute approximate surface area is 113 Å². The van der Waals surface area contributed by atoms with Gasteiger partial charge in [0, 0.05) is 11.1 Å². The highest BCUT2D eigenvalue weighted by Gasteiger charge is 1.91. The molecule has 0 aliphatic rings. The molecule has 0 N–H and O–H groups in total. The van der Waals surface area contributed by atoms with Gasteiger partial charge in [-0.25, -0.2) is 0 Å². The van der Waals surface area contributed by atoms with Crippen molar-refractivity contribution in [3.63, 3.8) is 0 Å². The quantitative estimate of drug-likeness (QED) is 0.583. The molecule has 1 heteroatoms. The van der Waals surface area contributed by atoms with Crippen LogP contribution in [0.5, 0.6) is 0 Å². The molecule has 0 spiro atoms. The van der Waals surface area contributed by atoms with E-state index >= 15 is 0 Å². The zero-order valence-corrected chi connectivity index (χ0v) is 10.8. The number of rotatable bonds is 2. The van der Waals surface area contributed by atoms with Crippen molar-refractivity contribution in [2.75, 3.05) is 0 Å². The topological polar surface area (TPSA) is 17.1 Å². The van der Waals surface area contributed by atoms with Crippen LogP contribution in [0.15, 0.2) is 60.7 Å². The van der Waals surface area contributed by atoms with E-state index in [-0.39, 0.29) is 5.78 Å². The van der Waals surface area contributed by atoms with Crippen LogP contribution >= 0.6 is 0 Å². The summed E-state index contributed by atoms with van der Waals surface area (Å²) in [4.78, 5) is 10.9. The number of allylic oxidation sites excluding steroid dienone is 1. The first-order valence-electron chi connectivity index (χ1n) is 6.10. The first-order chi connectivity index (χ1) is 9.24. The number of carbonyl (C=O) groups is 1. The Morgan fingerprint density at radius 3 is 2.37 bits per heavy atom. The fraction of sp³-hybridized carbons (Fsp3) is 0.0556. The van der Waals surface area contributed by atoms with Crippen LogP contribution in [-0.4, -0.2) is 5.78 Å². The third-order valence-corrected chi connectivity index (χ3v) is 2.52. The lowest BCUT2D eigenvalue weighted by molar-refractivity contribution is -0.112. The molecule has 0 aliphatic carbocycles. The molecule has 0 saturated carbocycles. The first kappa shape index (κ1) is 12.9. The summed E-state index contributed by atoms with van der Waals surface area (Å²) in [6.07, 6.45) is 3.36. The third kappa shape index (κ3) is 4.29. The highest BCUT2D eigenvalue weighted by Crippen LogP contribution is 2.06. The van der Waals surface area contributed by atoms with Crippen molar-refractivity contribution < 1.29 is 4.79 Å². The fourth-order valence-corrected chi connectivity index (χ4v) is 1.60. The maximum atomic E-state index is 10.9. The summed E-state index contributed by atoms with van der Waals surface area (Å²) < 4.78 is 0. The van der Waals surface area contributed by atoms with Gasteiger partial charge in [0.1, 0.15) is 0 Å². The maximum Gasteiger partial charge on any atom is 0.152 e. The number of carbonyl (C=O) groups excluding carboxylic acids is 1. The SMILES string of the molecule is CC(=O)C=Cc1cccc(C#Cc2ccccc2)c1. The molecule has 0 radical (unpaired) electrons. The summed E-state index contributed by atoms with van der Waals surface area (Å²) in [6, 6.07) is 17.7. The minimum absolute atomic E-state index is 0.0424. The predicted molar refractivity (Wildman–Crippen MR) is 78.6 cm³/mol. The van der Waals surface area contributed by atoms with Crippen molar-refractivity contribution in [3.05, 3.63) is 77.4 Å². The van der Waals surface area contributed by atoms with Gasteiger partial charge >= 0.3 is 0 Å². The lowest BCUT2D eigenvalue weighted by Gasteiger charge is -1.94. The Hall–Kier alpha value is -2.59. The summed E-state index contributed by atoms with van der Waals surface area (Å²) in [6.45, 7) is 1.54. The molecule has 0 amide bonds. The van der Waals surface area contributed by atoms with Crippen LogP contribution in [0.1, 0.15) is 23.6 Å². The molecule has 0 atom stereocenters. The highest BCUT2D eigenvalue weighted by atomic mass is 16.1. The molecule has 92 valence electrons. The second-order valence-electron chi connectivity index (χ2n) is 4.19. The van der Waals surface area contributed by atoms with Crippen LogP contribution in [0, 0.1) is 11.8 Å². The predicted octanol–water partition coefficient (Wildman–Crippen LogP) is 3.69. The van der Waals surface area contributed by atoms with Crippen LogP contribution in [0.3, 0.4) is 0 Å². The van der Waals surface area contributed by atoms with Crippen molar-refractivity contribution in [1.82, 2.24) is 0 Å². The van der Waals surface area contributed by atoms with Crippen molar-refractivity contribution in [3.8, 4) is 11.8 Å². The Kier molecular flexibility index (Phi) is 4.31. The van der Waals surface area contributed by atoms with E-state index in [2.05, 4.69) is 11.8 Å². The number of hydrogen-bond donors (Lipinski definition) is 0. The summed E-state index contributed by atoms with van der Waals surface area (Å²) in [5.41, 5.74) is 2.91. The van der Waals surface area contributed by atoms with E-state index in [1.807, 2.05) is 54.6 Å². The minimum atomic E-state index is 0.0424. The molecule has 2 rings (SSSR count). The van der Waals surface area contributed by atoms with Crippen LogP contribution in [0.4, 0.5) is 0 Å². The van der Waals surface area contributed by atoms with Crippen LogP contribution < -0.4 is 0 Å². The third-order valence-electron chi connectivity index (χ3n) is 2.52. The van der Waals surface area contributed by atoms with Crippen LogP contribution in [0.2, 0.25) is 0 Å². The molecule has 0 unspecified atom stereocenters. The van der Waals surface area contributed by atoms with Gasteiger partial charge in [-0.2, -0.15) is 0 Å². The molecule has 2 aromatic rings. The summed E-state index contributed by atoms with van der Waals surface area (Å²) in [5, 5.41) is 0. The van der Waals surface area contributed by atoms with Gasteiger partial charge in [-0.1, -0.05) is 48.2 Å². The van der Waals surface area contributed by atoms with E-state index in [1.165, 1.54) is 6.92 Å². The zero-order valence-electron chi connectivity index (χ0n) is 10.8. The summed E-state index contributed by atoms with van der Waals surface area (Å²) in [5.74, 6) is 6.27. The largest absolute Gasteiger partial charge is 0.295 e.